The molecule has 0 saturated heterocycles. The van der Waals surface area contributed by atoms with Gasteiger partial charge >= 0.3 is 0 Å². The number of nitrogens with one attached hydrogen (secondary N) is 2. The maximum absolute atomic E-state index is 10.7. The minimum absolute atomic E-state index is 0.00352. The molecule has 1 aliphatic heterocycles. The highest BCUT2D eigenvalue weighted by molar-refractivity contribution is 5.72. The molecule has 1 unspecified atom stereocenters. The number of para-hydroxylation sites is 2. The number of ether oxygens (including phenoxy) is 1. The average molecular weight is 206 g/mol. The van der Waals surface area contributed by atoms with Crippen molar-refractivity contribution < 1.29 is 9.53 Å². The van der Waals surface area contributed by atoms with Gasteiger partial charge in [-0.15, -0.1) is 0 Å². The summed E-state index contributed by atoms with van der Waals surface area (Å²) in [4.78, 5) is 10.7. The number of carbonyl (C=O) groups is 1. The maximum Gasteiger partial charge on any atom is 0.217 e. The van der Waals surface area contributed by atoms with E-state index in [1.165, 1.54) is 6.92 Å². The molecule has 80 valence electrons. The molecule has 1 atom stereocenters. The molecule has 1 amide bonds. The van der Waals surface area contributed by atoms with Gasteiger partial charge in [-0.2, -0.15) is 0 Å². The highest BCUT2D eigenvalue weighted by Crippen LogP contribution is 2.27. The Morgan fingerprint density at radius 2 is 2.40 bits per heavy atom. The molecule has 4 nitrogen and oxygen atoms in total. The highest BCUT2D eigenvalue weighted by atomic mass is 16.5. The zero-order valence-corrected chi connectivity index (χ0v) is 8.62. The van der Waals surface area contributed by atoms with Crippen LogP contribution < -0.4 is 15.4 Å². The third-order valence-electron chi connectivity index (χ3n) is 2.28. The molecule has 0 aromatic heterocycles. The van der Waals surface area contributed by atoms with Gasteiger partial charge in [0.1, 0.15) is 11.9 Å². The number of benzene rings is 1. The van der Waals surface area contributed by atoms with Gasteiger partial charge in [-0.3, -0.25) is 4.79 Å². The molecule has 2 N–H and O–H groups in total. The number of carbonyl (C=O) groups excluding carboxylic acids is 1. The van der Waals surface area contributed by atoms with Crippen molar-refractivity contribution in [2.24, 2.45) is 0 Å². The van der Waals surface area contributed by atoms with Crippen LogP contribution in [0.1, 0.15) is 6.92 Å². The summed E-state index contributed by atoms with van der Waals surface area (Å²) in [6, 6.07) is 7.79. The van der Waals surface area contributed by atoms with Crippen LogP contribution in [0.15, 0.2) is 24.3 Å². The Morgan fingerprint density at radius 1 is 1.60 bits per heavy atom. The quantitative estimate of drug-likeness (QED) is 0.758. The van der Waals surface area contributed by atoms with Crippen molar-refractivity contribution in [3.05, 3.63) is 24.3 Å². The summed E-state index contributed by atoms with van der Waals surface area (Å²) in [6.45, 7) is 2.76. The summed E-state index contributed by atoms with van der Waals surface area (Å²) in [5, 5.41) is 6.00. The van der Waals surface area contributed by atoms with Crippen molar-refractivity contribution >= 4 is 11.6 Å². The van der Waals surface area contributed by atoms with E-state index in [4.69, 9.17) is 4.74 Å². The van der Waals surface area contributed by atoms with Crippen LogP contribution in [0.3, 0.4) is 0 Å². The number of amides is 1. The number of fused-ring (bicyclic) bond motifs is 1. The van der Waals surface area contributed by atoms with Gasteiger partial charge in [0, 0.05) is 6.92 Å². The third kappa shape index (κ3) is 2.40. The van der Waals surface area contributed by atoms with E-state index in [0.29, 0.717) is 6.54 Å². The summed E-state index contributed by atoms with van der Waals surface area (Å²) >= 11 is 0. The van der Waals surface area contributed by atoms with E-state index in [9.17, 15) is 4.79 Å². The minimum Gasteiger partial charge on any atom is -0.485 e. The lowest BCUT2D eigenvalue weighted by Gasteiger charge is -2.27. The Morgan fingerprint density at radius 3 is 3.20 bits per heavy atom. The first-order chi connectivity index (χ1) is 7.25. The molecule has 15 heavy (non-hydrogen) atoms. The second kappa shape index (κ2) is 4.21. The van der Waals surface area contributed by atoms with Crippen molar-refractivity contribution in [1.82, 2.24) is 5.32 Å². The molecule has 1 aromatic carbocycles. The van der Waals surface area contributed by atoms with E-state index in [-0.39, 0.29) is 12.0 Å². The zero-order valence-electron chi connectivity index (χ0n) is 8.62. The summed E-state index contributed by atoms with van der Waals surface area (Å²) in [6.07, 6.45) is 0.00352. The molecular formula is C11H14N2O2. The highest BCUT2D eigenvalue weighted by Gasteiger charge is 2.18. The number of hydrogen-bond donors (Lipinski definition) is 2. The predicted molar refractivity (Wildman–Crippen MR) is 58.0 cm³/mol. The van der Waals surface area contributed by atoms with Crippen LogP contribution in [0.2, 0.25) is 0 Å². The largest absolute Gasteiger partial charge is 0.485 e. The number of anilines is 1. The first-order valence-corrected chi connectivity index (χ1v) is 4.99. The molecule has 4 heteroatoms. The molecule has 0 saturated carbocycles. The van der Waals surface area contributed by atoms with Crippen LogP contribution in [0.5, 0.6) is 5.75 Å². The summed E-state index contributed by atoms with van der Waals surface area (Å²) in [5.41, 5.74) is 1.01. The molecule has 0 radical (unpaired) electrons. The Balaban J connectivity index is 1.96. The Bertz CT molecular complexity index is 365. The Kier molecular flexibility index (Phi) is 2.76. The van der Waals surface area contributed by atoms with Gasteiger partial charge in [-0.25, -0.2) is 0 Å². The summed E-state index contributed by atoms with van der Waals surface area (Å²) in [5.74, 6) is 0.816. The Hall–Kier alpha value is -1.71. The first kappa shape index (κ1) is 9.83. The van der Waals surface area contributed by atoms with Gasteiger partial charge in [0.15, 0.2) is 0 Å². The van der Waals surface area contributed by atoms with Crippen LogP contribution in [-0.2, 0) is 4.79 Å². The van der Waals surface area contributed by atoms with Crippen LogP contribution in [0, 0.1) is 0 Å². The first-order valence-electron chi connectivity index (χ1n) is 4.99. The van der Waals surface area contributed by atoms with Crippen LogP contribution in [-0.4, -0.2) is 25.1 Å². The van der Waals surface area contributed by atoms with Crippen LogP contribution in [0.4, 0.5) is 5.69 Å². The monoisotopic (exact) mass is 206 g/mol. The number of hydrogen-bond acceptors (Lipinski definition) is 3. The maximum atomic E-state index is 10.7. The van der Waals surface area contributed by atoms with Crippen LogP contribution >= 0.6 is 0 Å². The molecule has 0 fully saturated rings. The van der Waals surface area contributed by atoms with Crippen molar-refractivity contribution in [2.45, 2.75) is 13.0 Å². The lowest BCUT2D eigenvalue weighted by Crippen LogP contribution is -2.40. The zero-order chi connectivity index (χ0) is 10.7. The predicted octanol–water partition coefficient (Wildman–Crippen LogP) is 0.996. The minimum atomic E-state index is -0.0301. The second-order valence-corrected chi connectivity index (χ2v) is 3.55. The SMILES string of the molecule is CC(=O)NCC1CNc2ccccc2O1. The molecule has 1 heterocycles. The van der Waals surface area contributed by atoms with Crippen molar-refractivity contribution in [2.75, 3.05) is 18.4 Å². The van der Waals surface area contributed by atoms with Crippen molar-refractivity contribution in [3.8, 4) is 5.75 Å². The van der Waals surface area contributed by atoms with Gasteiger partial charge < -0.3 is 15.4 Å². The number of rotatable bonds is 2. The van der Waals surface area contributed by atoms with E-state index >= 15 is 0 Å². The molecule has 2 rings (SSSR count). The fourth-order valence-electron chi connectivity index (χ4n) is 1.53. The summed E-state index contributed by atoms with van der Waals surface area (Å²) in [7, 11) is 0. The Labute approximate surface area is 88.6 Å². The van der Waals surface area contributed by atoms with Gasteiger partial charge in [0.2, 0.25) is 5.91 Å². The van der Waals surface area contributed by atoms with Gasteiger partial charge in [-0.05, 0) is 12.1 Å². The van der Waals surface area contributed by atoms with E-state index in [1.54, 1.807) is 0 Å². The molecule has 0 spiro atoms. The smallest absolute Gasteiger partial charge is 0.217 e. The van der Waals surface area contributed by atoms with E-state index in [2.05, 4.69) is 10.6 Å². The fraction of sp³-hybridized carbons (Fsp3) is 0.364. The molecule has 1 aromatic rings. The molecule has 1 aliphatic rings. The average Bonchev–Trinajstić information content (AvgIpc) is 2.26. The standard InChI is InChI=1S/C11H14N2O2/c1-8(14)12-6-9-7-13-10-4-2-3-5-11(10)15-9/h2-5,9,13H,6-7H2,1H3,(H,12,14). The normalized spacial score (nSPS) is 18.3. The van der Waals surface area contributed by atoms with Crippen molar-refractivity contribution in [3.63, 3.8) is 0 Å². The van der Waals surface area contributed by atoms with Gasteiger partial charge in [0.25, 0.3) is 0 Å². The van der Waals surface area contributed by atoms with Gasteiger partial charge in [-0.1, -0.05) is 12.1 Å². The second-order valence-electron chi connectivity index (χ2n) is 3.55. The molecular weight excluding hydrogens is 192 g/mol. The van der Waals surface area contributed by atoms with Crippen molar-refractivity contribution in [1.29, 1.82) is 0 Å². The van der Waals surface area contributed by atoms with Crippen LogP contribution in [0.25, 0.3) is 0 Å². The molecule has 0 aliphatic carbocycles. The van der Waals surface area contributed by atoms with E-state index < -0.39 is 0 Å². The summed E-state index contributed by atoms with van der Waals surface area (Å²) < 4.78 is 5.71. The van der Waals surface area contributed by atoms with E-state index in [0.717, 1.165) is 18.0 Å². The lowest BCUT2D eigenvalue weighted by atomic mass is 10.2. The third-order valence-corrected chi connectivity index (χ3v) is 2.28. The molecule has 0 bridgehead atoms. The fourth-order valence-corrected chi connectivity index (χ4v) is 1.53. The van der Waals surface area contributed by atoms with E-state index in [1.807, 2.05) is 24.3 Å². The topological polar surface area (TPSA) is 50.4 Å². The van der Waals surface area contributed by atoms with Gasteiger partial charge in [0.05, 0.1) is 18.8 Å². The lowest BCUT2D eigenvalue weighted by molar-refractivity contribution is -0.119.